The maximum absolute atomic E-state index is 12.8. The highest BCUT2D eigenvalue weighted by atomic mass is 35.5. The number of amides is 3. The summed E-state index contributed by atoms with van der Waals surface area (Å²) >= 11 is 5.86. The number of likely N-dealkylation sites (tertiary alicyclic amines) is 1. The summed E-state index contributed by atoms with van der Waals surface area (Å²) in [5.41, 5.74) is 0.461. The molecule has 1 atom stereocenters. The molecule has 1 fully saturated rings. The Hall–Kier alpha value is -2.08. The average Bonchev–Trinajstić information content (AvgIpc) is 2.66. The molecule has 0 aromatic heterocycles. The standard InChI is InChI=1S/C21H30ClN3O3/c1-13(2)18(24-19(26)15-5-7-16(22)8-6-15)20(27)23-17-9-11-25(12-10-17)21(28)14(3)4/h5-8,13-14,17-18H,9-12H2,1-4H3,(H,23,27)(H,24,26). The summed E-state index contributed by atoms with van der Waals surface area (Å²) in [7, 11) is 0. The predicted octanol–water partition coefficient (Wildman–Crippen LogP) is 2.86. The van der Waals surface area contributed by atoms with Gasteiger partial charge in [-0.3, -0.25) is 14.4 Å². The van der Waals surface area contributed by atoms with Gasteiger partial charge in [0.15, 0.2) is 0 Å². The molecule has 2 N–H and O–H groups in total. The summed E-state index contributed by atoms with van der Waals surface area (Å²) in [5.74, 6) is -0.410. The van der Waals surface area contributed by atoms with Crippen LogP contribution in [0.3, 0.4) is 0 Å². The fourth-order valence-corrected chi connectivity index (χ4v) is 3.39. The van der Waals surface area contributed by atoms with E-state index in [1.807, 2.05) is 32.6 Å². The third-order valence-electron chi connectivity index (χ3n) is 4.99. The fraction of sp³-hybridized carbons (Fsp3) is 0.571. The quantitative estimate of drug-likeness (QED) is 0.761. The van der Waals surface area contributed by atoms with Gasteiger partial charge in [-0.15, -0.1) is 0 Å². The van der Waals surface area contributed by atoms with Crippen LogP contribution in [0.25, 0.3) is 0 Å². The highest BCUT2D eigenvalue weighted by molar-refractivity contribution is 6.30. The molecule has 0 radical (unpaired) electrons. The summed E-state index contributed by atoms with van der Waals surface area (Å²) < 4.78 is 0. The first kappa shape index (κ1) is 22.2. The van der Waals surface area contributed by atoms with Crippen molar-refractivity contribution in [3.05, 3.63) is 34.9 Å². The van der Waals surface area contributed by atoms with Crippen molar-refractivity contribution in [2.75, 3.05) is 13.1 Å². The van der Waals surface area contributed by atoms with E-state index in [0.29, 0.717) is 23.7 Å². The van der Waals surface area contributed by atoms with Crippen LogP contribution >= 0.6 is 11.6 Å². The number of piperidine rings is 1. The lowest BCUT2D eigenvalue weighted by molar-refractivity contribution is -0.135. The van der Waals surface area contributed by atoms with Gasteiger partial charge in [0.2, 0.25) is 11.8 Å². The van der Waals surface area contributed by atoms with Gasteiger partial charge in [-0.1, -0.05) is 39.3 Å². The lowest BCUT2D eigenvalue weighted by Gasteiger charge is -2.34. The Morgan fingerprint density at radius 3 is 2.11 bits per heavy atom. The van der Waals surface area contributed by atoms with E-state index in [1.165, 1.54) is 0 Å². The molecule has 6 nitrogen and oxygen atoms in total. The van der Waals surface area contributed by atoms with Crippen LogP contribution in [0.1, 0.15) is 50.9 Å². The fourth-order valence-electron chi connectivity index (χ4n) is 3.26. The normalized spacial score (nSPS) is 16.2. The first-order valence-electron chi connectivity index (χ1n) is 9.84. The first-order chi connectivity index (χ1) is 13.2. The van der Waals surface area contributed by atoms with Gasteiger partial charge >= 0.3 is 0 Å². The van der Waals surface area contributed by atoms with Crippen LogP contribution in [0.5, 0.6) is 0 Å². The summed E-state index contributed by atoms with van der Waals surface area (Å²) in [5, 5.41) is 6.42. The highest BCUT2D eigenvalue weighted by Crippen LogP contribution is 2.15. The molecule has 154 valence electrons. The minimum Gasteiger partial charge on any atom is -0.351 e. The monoisotopic (exact) mass is 407 g/mol. The Bertz CT molecular complexity index is 695. The Morgan fingerprint density at radius 1 is 1.04 bits per heavy atom. The van der Waals surface area contributed by atoms with E-state index >= 15 is 0 Å². The number of carbonyl (C=O) groups excluding carboxylic acids is 3. The Balaban J connectivity index is 1.92. The minimum absolute atomic E-state index is 0.0115. The van der Waals surface area contributed by atoms with Crippen LogP contribution < -0.4 is 10.6 Å². The Morgan fingerprint density at radius 2 is 1.61 bits per heavy atom. The molecular formula is C21H30ClN3O3. The van der Waals surface area contributed by atoms with E-state index in [4.69, 9.17) is 11.6 Å². The number of hydrogen-bond acceptors (Lipinski definition) is 3. The van der Waals surface area contributed by atoms with Crippen molar-refractivity contribution in [1.82, 2.24) is 15.5 Å². The zero-order valence-corrected chi connectivity index (χ0v) is 17.8. The highest BCUT2D eigenvalue weighted by Gasteiger charge is 2.29. The number of halogens is 1. The molecule has 28 heavy (non-hydrogen) atoms. The second-order valence-electron chi connectivity index (χ2n) is 7.96. The number of hydrogen-bond donors (Lipinski definition) is 2. The maximum atomic E-state index is 12.8. The van der Waals surface area contributed by atoms with Gasteiger partial charge < -0.3 is 15.5 Å². The van der Waals surface area contributed by atoms with Gasteiger partial charge in [0.25, 0.3) is 5.91 Å². The smallest absolute Gasteiger partial charge is 0.251 e. The maximum Gasteiger partial charge on any atom is 0.251 e. The summed E-state index contributed by atoms with van der Waals surface area (Å²) in [6, 6.07) is 5.94. The molecule has 3 amide bonds. The third-order valence-corrected chi connectivity index (χ3v) is 5.24. The van der Waals surface area contributed by atoms with Crippen LogP contribution in [-0.2, 0) is 9.59 Å². The van der Waals surface area contributed by atoms with E-state index in [2.05, 4.69) is 10.6 Å². The van der Waals surface area contributed by atoms with Gasteiger partial charge in [0.1, 0.15) is 6.04 Å². The SMILES string of the molecule is CC(C)C(=O)N1CCC(NC(=O)C(NC(=O)c2ccc(Cl)cc2)C(C)C)CC1. The Kier molecular flexibility index (Phi) is 7.87. The molecule has 1 saturated heterocycles. The number of benzene rings is 1. The third kappa shape index (κ3) is 5.96. The zero-order valence-electron chi connectivity index (χ0n) is 17.0. The zero-order chi connectivity index (χ0) is 20.8. The second-order valence-corrected chi connectivity index (χ2v) is 8.40. The van der Waals surface area contributed by atoms with Crippen LogP contribution in [-0.4, -0.2) is 47.8 Å². The van der Waals surface area contributed by atoms with E-state index in [-0.39, 0.29) is 35.6 Å². The van der Waals surface area contributed by atoms with E-state index < -0.39 is 6.04 Å². The van der Waals surface area contributed by atoms with E-state index in [9.17, 15) is 14.4 Å². The Labute approximate surface area is 172 Å². The van der Waals surface area contributed by atoms with Gasteiger partial charge in [-0.25, -0.2) is 0 Å². The predicted molar refractivity (Wildman–Crippen MR) is 110 cm³/mol. The van der Waals surface area contributed by atoms with Crippen LogP contribution in [0, 0.1) is 11.8 Å². The number of carbonyl (C=O) groups is 3. The van der Waals surface area contributed by atoms with Crippen LogP contribution in [0.15, 0.2) is 24.3 Å². The molecule has 0 aliphatic carbocycles. The van der Waals surface area contributed by atoms with Gasteiger partial charge in [0, 0.05) is 35.6 Å². The van der Waals surface area contributed by atoms with Crippen molar-refractivity contribution in [3.8, 4) is 0 Å². The molecule has 1 aliphatic rings. The van der Waals surface area contributed by atoms with Crippen molar-refractivity contribution in [1.29, 1.82) is 0 Å². The van der Waals surface area contributed by atoms with Crippen LogP contribution in [0.4, 0.5) is 0 Å². The van der Waals surface area contributed by atoms with Gasteiger partial charge in [-0.2, -0.15) is 0 Å². The van der Waals surface area contributed by atoms with Crippen molar-refractivity contribution >= 4 is 29.3 Å². The topological polar surface area (TPSA) is 78.5 Å². The molecule has 0 spiro atoms. The molecule has 1 aliphatic heterocycles. The lowest BCUT2D eigenvalue weighted by atomic mass is 9.99. The lowest BCUT2D eigenvalue weighted by Crippen LogP contribution is -2.54. The molecule has 1 aromatic rings. The largest absolute Gasteiger partial charge is 0.351 e. The van der Waals surface area contributed by atoms with E-state index in [0.717, 1.165) is 12.8 Å². The molecular weight excluding hydrogens is 378 g/mol. The molecule has 1 unspecified atom stereocenters. The van der Waals surface area contributed by atoms with Gasteiger partial charge in [0.05, 0.1) is 0 Å². The number of nitrogens with zero attached hydrogens (tertiary/aromatic N) is 1. The molecule has 0 saturated carbocycles. The molecule has 1 aromatic carbocycles. The van der Waals surface area contributed by atoms with E-state index in [1.54, 1.807) is 24.3 Å². The molecule has 2 rings (SSSR count). The van der Waals surface area contributed by atoms with Gasteiger partial charge in [-0.05, 0) is 43.0 Å². The van der Waals surface area contributed by atoms with Crippen molar-refractivity contribution in [2.45, 2.75) is 52.6 Å². The number of rotatable bonds is 6. The average molecular weight is 408 g/mol. The minimum atomic E-state index is -0.626. The van der Waals surface area contributed by atoms with Crippen molar-refractivity contribution in [3.63, 3.8) is 0 Å². The number of nitrogens with one attached hydrogen (secondary N) is 2. The first-order valence-corrected chi connectivity index (χ1v) is 10.2. The summed E-state index contributed by atoms with van der Waals surface area (Å²) in [6.45, 7) is 8.88. The summed E-state index contributed by atoms with van der Waals surface area (Å²) in [4.78, 5) is 39.2. The molecule has 1 heterocycles. The second kappa shape index (κ2) is 9.92. The summed E-state index contributed by atoms with van der Waals surface area (Å²) in [6.07, 6.45) is 1.44. The molecule has 7 heteroatoms. The van der Waals surface area contributed by atoms with Crippen molar-refractivity contribution in [2.24, 2.45) is 11.8 Å². The van der Waals surface area contributed by atoms with Crippen molar-refractivity contribution < 1.29 is 14.4 Å². The van der Waals surface area contributed by atoms with Crippen LogP contribution in [0.2, 0.25) is 5.02 Å². The molecule has 0 bridgehead atoms.